The van der Waals surface area contributed by atoms with Crippen LogP contribution in [0, 0.1) is 5.41 Å². The minimum Gasteiger partial charge on any atom is -0.470 e. The molecule has 2 aromatic rings. The normalized spacial score (nSPS) is 10.4. The minimum absolute atomic E-state index is 0.615. The van der Waals surface area contributed by atoms with E-state index < -0.39 is 0 Å². The second kappa shape index (κ2) is 1.70. The van der Waals surface area contributed by atoms with Gasteiger partial charge in [0, 0.05) is 6.21 Å². The van der Waals surface area contributed by atoms with Crippen LogP contribution in [0.2, 0.25) is 0 Å². The molecule has 4 nitrogen and oxygen atoms in total. The average molecular weight is 135 g/mol. The van der Waals surface area contributed by atoms with Crippen LogP contribution in [-0.4, -0.2) is 16.4 Å². The number of hydrogen-bond acceptors (Lipinski definition) is 3. The minimum atomic E-state index is 0.615. The molecule has 0 atom stereocenters. The molecule has 0 aliphatic rings. The summed E-state index contributed by atoms with van der Waals surface area (Å²) in [6.07, 6.45) is 4.32. The maximum absolute atomic E-state index is 6.93. The monoisotopic (exact) mass is 135 g/mol. The first-order valence-electron chi connectivity index (χ1n) is 2.82. The van der Waals surface area contributed by atoms with Gasteiger partial charge in [0.2, 0.25) is 0 Å². The number of nitrogens with one attached hydrogen (secondary N) is 2. The SMILES string of the molecule is N=Cc1n[nH]c2cocc12. The summed E-state index contributed by atoms with van der Waals surface area (Å²) in [5, 5.41) is 14.4. The number of H-pyrrole nitrogens is 1. The third-order valence-corrected chi connectivity index (χ3v) is 1.37. The first-order valence-corrected chi connectivity index (χ1v) is 2.82. The lowest BCUT2D eigenvalue weighted by Crippen LogP contribution is -1.77. The molecule has 0 aliphatic carbocycles. The van der Waals surface area contributed by atoms with Crippen molar-refractivity contribution in [1.82, 2.24) is 10.2 Å². The Morgan fingerprint density at radius 3 is 3.30 bits per heavy atom. The van der Waals surface area contributed by atoms with E-state index in [1.807, 2.05) is 0 Å². The van der Waals surface area contributed by atoms with Gasteiger partial charge in [0.15, 0.2) is 0 Å². The smallest absolute Gasteiger partial charge is 0.116 e. The fraction of sp³-hybridized carbons (Fsp3) is 0. The number of furan rings is 1. The van der Waals surface area contributed by atoms with Crippen LogP contribution in [0.4, 0.5) is 0 Å². The molecular formula is C6H5N3O. The average Bonchev–Trinajstić information content (AvgIpc) is 2.44. The Morgan fingerprint density at radius 2 is 2.50 bits per heavy atom. The topological polar surface area (TPSA) is 65.7 Å². The van der Waals surface area contributed by atoms with Crippen LogP contribution in [0.3, 0.4) is 0 Å². The highest BCUT2D eigenvalue weighted by Gasteiger charge is 2.02. The molecule has 0 bridgehead atoms. The molecular weight excluding hydrogens is 130 g/mol. The first-order chi connectivity index (χ1) is 4.92. The van der Waals surface area contributed by atoms with E-state index in [0.717, 1.165) is 10.9 Å². The lowest BCUT2D eigenvalue weighted by Gasteiger charge is -1.74. The number of aromatic amines is 1. The van der Waals surface area contributed by atoms with Gasteiger partial charge >= 0.3 is 0 Å². The summed E-state index contributed by atoms with van der Waals surface area (Å²) < 4.78 is 4.87. The fourth-order valence-electron chi connectivity index (χ4n) is 0.873. The number of rotatable bonds is 1. The summed E-state index contributed by atoms with van der Waals surface area (Å²) in [7, 11) is 0. The Hall–Kier alpha value is -1.58. The molecule has 0 amide bonds. The lowest BCUT2D eigenvalue weighted by atomic mass is 10.3. The van der Waals surface area contributed by atoms with Gasteiger partial charge in [-0.1, -0.05) is 0 Å². The fourth-order valence-corrected chi connectivity index (χ4v) is 0.873. The van der Waals surface area contributed by atoms with Crippen molar-refractivity contribution in [2.45, 2.75) is 0 Å². The van der Waals surface area contributed by atoms with Crippen LogP contribution < -0.4 is 0 Å². The van der Waals surface area contributed by atoms with Crippen molar-refractivity contribution in [2.24, 2.45) is 0 Å². The van der Waals surface area contributed by atoms with Gasteiger partial charge in [-0.15, -0.1) is 0 Å². The number of aromatic nitrogens is 2. The van der Waals surface area contributed by atoms with E-state index in [-0.39, 0.29) is 0 Å². The van der Waals surface area contributed by atoms with Crippen LogP contribution in [0.15, 0.2) is 16.9 Å². The third-order valence-electron chi connectivity index (χ3n) is 1.37. The van der Waals surface area contributed by atoms with Gasteiger partial charge in [-0.25, -0.2) is 0 Å². The maximum atomic E-state index is 6.93. The molecule has 0 radical (unpaired) electrons. The van der Waals surface area contributed by atoms with E-state index in [1.54, 1.807) is 12.5 Å². The molecule has 0 unspecified atom stereocenters. The number of fused-ring (bicyclic) bond motifs is 1. The molecule has 2 heterocycles. The van der Waals surface area contributed by atoms with Crippen molar-refractivity contribution >= 4 is 17.1 Å². The Morgan fingerprint density at radius 1 is 1.60 bits per heavy atom. The van der Waals surface area contributed by atoms with Crippen molar-refractivity contribution in [2.75, 3.05) is 0 Å². The molecule has 2 rings (SSSR count). The Bertz CT molecular complexity index is 360. The largest absolute Gasteiger partial charge is 0.470 e. The Kier molecular flexibility index (Phi) is 0.887. The highest BCUT2D eigenvalue weighted by Crippen LogP contribution is 2.13. The Labute approximate surface area is 56.4 Å². The van der Waals surface area contributed by atoms with Crippen molar-refractivity contribution in [3.05, 3.63) is 18.2 Å². The molecule has 2 N–H and O–H groups in total. The highest BCUT2D eigenvalue weighted by molar-refractivity contribution is 5.94. The molecule has 0 spiro atoms. The second-order valence-corrected chi connectivity index (χ2v) is 1.95. The van der Waals surface area contributed by atoms with Crippen molar-refractivity contribution in [3.63, 3.8) is 0 Å². The van der Waals surface area contributed by atoms with E-state index in [4.69, 9.17) is 9.83 Å². The molecule has 0 saturated heterocycles. The predicted octanol–water partition coefficient (Wildman–Crippen LogP) is 1.15. The van der Waals surface area contributed by atoms with Crippen molar-refractivity contribution in [1.29, 1.82) is 5.41 Å². The molecule has 0 saturated carbocycles. The summed E-state index contributed by atoms with van der Waals surface area (Å²) in [6.45, 7) is 0. The third kappa shape index (κ3) is 0.500. The van der Waals surface area contributed by atoms with Gasteiger partial charge in [-0.2, -0.15) is 5.10 Å². The number of hydrogen-bond donors (Lipinski definition) is 2. The summed E-state index contributed by atoms with van der Waals surface area (Å²) in [6, 6.07) is 0. The van der Waals surface area contributed by atoms with Crippen molar-refractivity contribution < 1.29 is 4.42 Å². The second-order valence-electron chi connectivity index (χ2n) is 1.95. The van der Waals surface area contributed by atoms with Crippen LogP contribution in [0.5, 0.6) is 0 Å². The van der Waals surface area contributed by atoms with Crippen LogP contribution in [0.1, 0.15) is 5.69 Å². The zero-order valence-electron chi connectivity index (χ0n) is 5.09. The molecule has 10 heavy (non-hydrogen) atoms. The first kappa shape index (κ1) is 5.22. The zero-order valence-corrected chi connectivity index (χ0v) is 5.09. The summed E-state index contributed by atoms with van der Waals surface area (Å²) in [5.74, 6) is 0. The van der Waals surface area contributed by atoms with Gasteiger partial charge in [0.25, 0.3) is 0 Å². The summed E-state index contributed by atoms with van der Waals surface area (Å²) in [5.41, 5.74) is 1.45. The van der Waals surface area contributed by atoms with E-state index in [0.29, 0.717) is 5.69 Å². The van der Waals surface area contributed by atoms with Crippen LogP contribution in [-0.2, 0) is 0 Å². The molecule has 0 aromatic carbocycles. The lowest BCUT2D eigenvalue weighted by molar-refractivity contribution is 0.570. The van der Waals surface area contributed by atoms with E-state index in [1.165, 1.54) is 6.21 Å². The zero-order chi connectivity index (χ0) is 6.97. The van der Waals surface area contributed by atoms with Gasteiger partial charge in [0.1, 0.15) is 23.7 Å². The molecule has 50 valence electrons. The quantitative estimate of drug-likeness (QED) is 0.576. The molecule has 2 aromatic heterocycles. The predicted molar refractivity (Wildman–Crippen MR) is 36.2 cm³/mol. The highest BCUT2D eigenvalue weighted by atomic mass is 16.3. The maximum Gasteiger partial charge on any atom is 0.116 e. The van der Waals surface area contributed by atoms with Crippen LogP contribution >= 0.6 is 0 Å². The molecule has 0 aliphatic heterocycles. The summed E-state index contributed by atoms with van der Waals surface area (Å²) in [4.78, 5) is 0. The van der Waals surface area contributed by atoms with Gasteiger partial charge in [0.05, 0.1) is 5.39 Å². The van der Waals surface area contributed by atoms with E-state index in [9.17, 15) is 0 Å². The van der Waals surface area contributed by atoms with Crippen molar-refractivity contribution in [3.8, 4) is 0 Å². The van der Waals surface area contributed by atoms with Gasteiger partial charge in [-0.05, 0) is 0 Å². The van der Waals surface area contributed by atoms with E-state index in [2.05, 4.69) is 10.2 Å². The molecule has 0 fully saturated rings. The summed E-state index contributed by atoms with van der Waals surface area (Å²) >= 11 is 0. The number of nitrogens with zero attached hydrogens (tertiary/aromatic N) is 1. The van der Waals surface area contributed by atoms with Crippen LogP contribution in [0.25, 0.3) is 10.9 Å². The standard InChI is InChI=1S/C6H5N3O/c7-1-5-4-2-10-3-6(4)9-8-5/h1-3,7,9H. The Balaban J connectivity index is 2.88. The molecule has 4 heteroatoms. The van der Waals surface area contributed by atoms with Gasteiger partial charge < -0.3 is 9.83 Å². The van der Waals surface area contributed by atoms with Gasteiger partial charge in [-0.3, -0.25) is 5.10 Å². The van der Waals surface area contributed by atoms with E-state index >= 15 is 0 Å².